The van der Waals surface area contributed by atoms with Crippen molar-refractivity contribution in [2.75, 3.05) is 39.3 Å². The smallest absolute Gasteiger partial charge is 0.410 e. The zero-order chi connectivity index (χ0) is 35.7. The van der Waals surface area contributed by atoms with Gasteiger partial charge in [-0.25, -0.2) is 14.0 Å². The van der Waals surface area contributed by atoms with Gasteiger partial charge in [0.15, 0.2) is 0 Å². The number of hydrogen-bond donors (Lipinski definition) is 1. The van der Waals surface area contributed by atoms with Gasteiger partial charge < -0.3 is 28.6 Å². The number of aryl methyl sites for hydroxylation is 3. The molecule has 5 aromatic rings. The summed E-state index contributed by atoms with van der Waals surface area (Å²) in [7, 11) is 0. The van der Waals surface area contributed by atoms with E-state index in [2.05, 4.69) is 10.1 Å². The van der Waals surface area contributed by atoms with Gasteiger partial charge in [0.05, 0.1) is 28.4 Å². The summed E-state index contributed by atoms with van der Waals surface area (Å²) in [6.45, 7) is 12.8. The Bertz CT molecular complexity index is 2040. The van der Waals surface area contributed by atoms with Crippen LogP contribution in [0.25, 0.3) is 32.8 Å². The van der Waals surface area contributed by atoms with Crippen LogP contribution in [0.1, 0.15) is 54.7 Å². The second-order valence-corrected chi connectivity index (χ2v) is 14.1. The molecular weight excluding hydrogens is 663 g/mol. The van der Waals surface area contributed by atoms with Gasteiger partial charge in [-0.05, 0) is 88.7 Å². The number of hydrogen-bond acceptors (Lipinski definition) is 7. The number of amides is 1. The summed E-state index contributed by atoms with van der Waals surface area (Å²) in [4.78, 5) is 29.7. The Morgan fingerprint density at radius 1 is 1.00 bits per heavy atom. The molecule has 3 aromatic carbocycles. The van der Waals surface area contributed by atoms with Crippen molar-refractivity contribution in [1.82, 2.24) is 19.5 Å². The van der Waals surface area contributed by atoms with Crippen LogP contribution in [-0.2, 0) is 17.7 Å². The summed E-state index contributed by atoms with van der Waals surface area (Å²) in [5.41, 5.74) is 3.11. The highest BCUT2D eigenvalue weighted by Crippen LogP contribution is 2.42. The number of carbonyl (C=O) groups excluding carboxylic acids is 1. The van der Waals surface area contributed by atoms with E-state index in [4.69, 9.17) is 25.6 Å². The minimum Gasteiger partial charge on any atom is -0.493 e. The SMILES string of the molecule is Cc1noc(C)c1-c1c(Cl)ccc2c(CCCOc3cccc4cc(F)ccc34)c(C(=O)O)n(CCN3CCN(C(=O)OC(C)(C)C)CC3)c12. The molecule has 1 saturated heterocycles. The van der Waals surface area contributed by atoms with Gasteiger partial charge >= 0.3 is 12.1 Å². The van der Waals surface area contributed by atoms with E-state index in [0.717, 1.165) is 21.7 Å². The summed E-state index contributed by atoms with van der Waals surface area (Å²) < 4.78 is 32.9. The first-order valence-electron chi connectivity index (χ1n) is 16.8. The van der Waals surface area contributed by atoms with Gasteiger partial charge in [-0.2, -0.15) is 0 Å². The monoisotopic (exact) mass is 704 g/mol. The van der Waals surface area contributed by atoms with Crippen LogP contribution in [0.5, 0.6) is 5.75 Å². The highest BCUT2D eigenvalue weighted by Gasteiger charge is 2.30. The van der Waals surface area contributed by atoms with Crippen LogP contribution < -0.4 is 4.74 Å². The van der Waals surface area contributed by atoms with Crippen LogP contribution in [0.3, 0.4) is 0 Å². The van der Waals surface area contributed by atoms with Crippen molar-refractivity contribution in [3.05, 3.63) is 82.1 Å². The average Bonchev–Trinajstić information content (AvgIpc) is 3.56. The second-order valence-electron chi connectivity index (χ2n) is 13.7. The normalized spacial score (nSPS) is 14.1. The molecule has 0 aliphatic carbocycles. The summed E-state index contributed by atoms with van der Waals surface area (Å²) in [5.74, 6) is -0.123. The number of benzene rings is 3. The third-order valence-corrected chi connectivity index (χ3v) is 9.37. The van der Waals surface area contributed by atoms with Crippen LogP contribution in [0.15, 0.2) is 53.1 Å². The fourth-order valence-corrected chi connectivity index (χ4v) is 7.04. The first kappa shape index (κ1) is 35.2. The van der Waals surface area contributed by atoms with E-state index in [-0.39, 0.29) is 17.6 Å². The van der Waals surface area contributed by atoms with E-state index in [1.165, 1.54) is 12.1 Å². The van der Waals surface area contributed by atoms with E-state index >= 15 is 0 Å². The van der Waals surface area contributed by atoms with Crippen molar-refractivity contribution in [3.8, 4) is 16.9 Å². The molecule has 0 saturated carbocycles. The molecule has 0 radical (unpaired) electrons. The van der Waals surface area contributed by atoms with Gasteiger partial charge in [-0.3, -0.25) is 4.90 Å². The van der Waals surface area contributed by atoms with Crippen molar-refractivity contribution in [2.24, 2.45) is 0 Å². The molecule has 50 heavy (non-hydrogen) atoms. The zero-order valence-corrected chi connectivity index (χ0v) is 29.8. The van der Waals surface area contributed by atoms with Crippen LogP contribution in [0, 0.1) is 19.7 Å². The van der Waals surface area contributed by atoms with Gasteiger partial charge in [0, 0.05) is 55.6 Å². The van der Waals surface area contributed by atoms with Gasteiger partial charge in [0.1, 0.15) is 28.6 Å². The molecule has 10 nitrogen and oxygen atoms in total. The zero-order valence-electron chi connectivity index (χ0n) is 29.0. The van der Waals surface area contributed by atoms with Gasteiger partial charge in [-0.15, -0.1) is 0 Å². The molecule has 1 fully saturated rings. The number of aromatic nitrogens is 2. The fraction of sp³-hybridized carbons (Fsp3) is 0.395. The number of carbonyl (C=O) groups is 2. The Hall–Kier alpha value is -4.61. The number of halogens is 2. The first-order chi connectivity index (χ1) is 23.8. The van der Waals surface area contributed by atoms with E-state index in [9.17, 15) is 19.1 Å². The Morgan fingerprint density at radius 3 is 2.42 bits per heavy atom. The molecule has 0 atom stereocenters. The quantitative estimate of drug-likeness (QED) is 0.145. The largest absolute Gasteiger partial charge is 0.493 e. The standard InChI is InChI=1S/C38H42ClFN4O6/c1-23-32(24(2)50-41-23)33-30(39)14-13-29-28(9-7-21-48-31-10-6-8-25-22-26(40)11-12-27(25)31)35(36(45)46)44(34(29)33)20-17-42-15-18-43(19-16-42)37(47)49-38(3,4)5/h6,8,10-14,22H,7,9,15-21H2,1-5H3,(H,45,46). The molecule has 2 aromatic heterocycles. The predicted octanol–water partition coefficient (Wildman–Crippen LogP) is 8.12. The molecule has 0 spiro atoms. The number of piperazine rings is 1. The molecule has 6 rings (SSSR count). The van der Waals surface area contributed by atoms with Crippen molar-refractivity contribution in [1.29, 1.82) is 0 Å². The molecule has 1 aliphatic rings. The Kier molecular flexibility index (Phi) is 10.1. The molecule has 0 bridgehead atoms. The first-order valence-corrected chi connectivity index (χ1v) is 17.2. The Balaban J connectivity index is 1.30. The average molecular weight is 705 g/mol. The maximum atomic E-state index is 13.8. The summed E-state index contributed by atoms with van der Waals surface area (Å²) >= 11 is 6.91. The number of carboxylic acids is 1. The van der Waals surface area contributed by atoms with Crippen LogP contribution in [-0.4, -0.2) is 81.6 Å². The van der Waals surface area contributed by atoms with Crippen LogP contribution in [0.2, 0.25) is 5.02 Å². The van der Waals surface area contributed by atoms with E-state index < -0.39 is 11.6 Å². The van der Waals surface area contributed by atoms with Crippen molar-refractivity contribution in [2.45, 2.75) is 59.6 Å². The molecule has 1 amide bonds. The number of nitrogens with zero attached hydrogens (tertiary/aromatic N) is 4. The predicted molar refractivity (Wildman–Crippen MR) is 191 cm³/mol. The molecule has 0 unspecified atom stereocenters. The maximum Gasteiger partial charge on any atom is 0.410 e. The number of fused-ring (bicyclic) bond motifs is 2. The molecule has 1 N–H and O–H groups in total. The molecule has 264 valence electrons. The lowest BCUT2D eigenvalue weighted by molar-refractivity contribution is 0.0142. The Morgan fingerprint density at radius 2 is 1.74 bits per heavy atom. The van der Waals surface area contributed by atoms with Crippen molar-refractivity contribution < 1.29 is 33.1 Å². The minimum atomic E-state index is -1.04. The van der Waals surface area contributed by atoms with E-state index in [1.807, 2.05) is 63.5 Å². The lowest BCUT2D eigenvalue weighted by atomic mass is 9.98. The number of aromatic carboxylic acids is 1. The Labute approximate surface area is 295 Å². The highest BCUT2D eigenvalue weighted by atomic mass is 35.5. The van der Waals surface area contributed by atoms with Gasteiger partial charge in [0.25, 0.3) is 0 Å². The third-order valence-electron chi connectivity index (χ3n) is 9.06. The molecule has 1 aliphatic heterocycles. The molecular formula is C38H42ClFN4O6. The topological polar surface area (TPSA) is 110 Å². The molecule has 12 heteroatoms. The van der Waals surface area contributed by atoms with Crippen LogP contribution >= 0.6 is 11.6 Å². The lowest BCUT2D eigenvalue weighted by Gasteiger charge is -2.35. The van der Waals surface area contributed by atoms with E-state index in [1.54, 1.807) is 17.0 Å². The van der Waals surface area contributed by atoms with Crippen molar-refractivity contribution in [3.63, 3.8) is 0 Å². The molecule has 3 heterocycles. The summed E-state index contributed by atoms with van der Waals surface area (Å²) in [6, 6.07) is 13.8. The lowest BCUT2D eigenvalue weighted by Crippen LogP contribution is -2.50. The number of carboxylic acid groups (broad SMARTS) is 1. The van der Waals surface area contributed by atoms with Gasteiger partial charge in [-0.1, -0.05) is 35.0 Å². The maximum absolute atomic E-state index is 13.8. The second kappa shape index (κ2) is 14.3. The highest BCUT2D eigenvalue weighted by molar-refractivity contribution is 6.35. The number of ether oxygens (including phenoxy) is 2. The van der Waals surface area contributed by atoms with Gasteiger partial charge in [0.2, 0.25) is 0 Å². The fourth-order valence-electron chi connectivity index (χ4n) is 6.80. The van der Waals surface area contributed by atoms with Crippen molar-refractivity contribution >= 4 is 45.3 Å². The number of rotatable bonds is 10. The third kappa shape index (κ3) is 7.29. The van der Waals surface area contributed by atoms with Crippen LogP contribution in [0.4, 0.5) is 9.18 Å². The van der Waals surface area contributed by atoms with E-state index in [0.29, 0.717) is 97.6 Å². The summed E-state index contributed by atoms with van der Waals surface area (Å²) in [5, 5.41) is 17.7. The summed E-state index contributed by atoms with van der Waals surface area (Å²) in [6.07, 6.45) is 0.637. The minimum absolute atomic E-state index is 0.198.